The minimum atomic E-state index is -0.278. The third-order valence-electron chi connectivity index (χ3n) is 3.77. The van der Waals surface area contributed by atoms with Crippen molar-refractivity contribution in [1.29, 1.82) is 0 Å². The first-order valence-electron chi connectivity index (χ1n) is 8.16. The molecular formula is C18H21N5O2. The van der Waals surface area contributed by atoms with Crippen molar-refractivity contribution in [3.63, 3.8) is 0 Å². The molecule has 0 saturated heterocycles. The molecule has 0 saturated carbocycles. The summed E-state index contributed by atoms with van der Waals surface area (Å²) in [5, 5.41) is 7.47. The van der Waals surface area contributed by atoms with Gasteiger partial charge in [0.05, 0.1) is 11.9 Å². The molecule has 0 bridgehead atoms. The maximum atomic E-state index is 12.6. The predicted octanol–water partition coefficient (Wildman–Crippen LogP) is 1.72. The standard InChI is InChI=1S/C18H21N5O2/c1-11(2)21-16(24)9-22-10-19-17-15(18(22)25)8-20-23(17)14-6-12(3)5-13(4)7-14/h5-8,10-11H,9H2,1-4H3,(H,21,24). The number of rotatable bonds is 4. The fraction of sp³-hybridized carbons (Fsp3) is 0.333. The van der Waals surface area contributed by atoms with Gasteiger partial charge < -0.3 is 5.32 Å². The third kappa shape index (κ3) is 3.45. The quantitative estimate of drug-likeness (QED) is 0.785. The van der Waals surface area contributed by atoms with Crippen LogP contribution in [0.3, 0.4) is 0 Å². The second-order valence-electron chi connectivity index (χ2n) is 6.54. The van der Waals surface area contributed by atoms with Crippen LogP contribution in [-0.4, -0.2) is 31.3 Å². The van der Waals surface area contributed by atoms with E-state index in [1.165, 1.54) is 17.1 Å². The van der Waals surface area contributed by atoms with Crippen molar-refractivity contribution in [2.75, 3.05) is 0 Å². The number of amides is 1. The highest BCUT2D eigenvalue weighted by Crippen LogP contribution is 2.16. The number of aryl methyl sites for hydroxylation is 2. The van der Waals surface area contributed by atoms with E-state index in [0.717, 1.165) is 16.8 Å². The number of hydrogen-bond acceptors (Lipinski definition) is 4. The molecule has 0 aliphatic heterocycles. The predicted molar refractivity (Wildman–Crippen MR) is 95.9 cm³/mol. The van der Waals surface area contributed by atoms with Gasteiger partial charge in [0.1, 0.15) is 18.3 Å². The lowest BCUT2D eigenvalue weighted by atomic mass is 10.1. The first-order valence-corrected chi connectivity index (χ1v) is 8.16. The van der Waals surface area contributed by atoms with E-state index in [4.69, 9.17) is 0 Å². The molecule has 1 aromatic carbocycles. The van der Waals surface area contributed by atoms with Gasteiger partial charge >= 0.3 is 0 Å². The summed E-state index contributed by atoms with van der Waals surface area (Å²) in [6.45, 7) is 7.70. The number of aromatic nitrogens is 4. The number of hydrogen-bond donors (Lipinski definition) is 1. The molecule has 2 aromatic heterocycles. The zero-order chi connectivity index (χ0) is 18.1. The molecule has 3 aromatic rings. The minimum Gasteiger partial charge on any atom is -0.352 e. The summed E-state index contributed by atoms with van der Waals surface area (Å²) >= 11 is 0. The molecule has 0 spiro atoms. The maximum absolute atomic E-state index is 12.6. The van der Waals surface area contributed by atoms with Crippen molar-refractivity contribution in [2.24, 2.45) is 0 Å². The van der Waals surface area contributed by atoms with Crippen LogP contribution < -0.4 is 10.9 Å². The lowest BCUT2D eigenvalue weighted by molar-refractivity contribution is -0.122. The lowest BCUT2D eigenvalue weighted by Gasteiger charge is -2.10. The summed E-state index contributed by atoms with van der Waals surface area (Å²) < 4.78 is 2.95. The number of fused-ring (bicyclic) bond motifs is 1. The summed E-state index contributed by atoms with van der Waals surface area (Å²) in [4.78, 5) is 28.9. The van der Waals surface area contributed by atoms with Gasteiger partial charge in [0, 0.05) is 6.04 Å². The Morgan fingerprint density at radius 2 is 1.88 bits per heavy atom. The zero-order valence-corrected chi connectivity index (χ0v) is 14.8. The average Bonchev–Trinajstić information content (AvgIpc) is 2.93. The van der Waals surface area contributed by atoms with Crippen LogP contribution >= 0.6 is 0 Å². The topological polar surface area (TPSA) is 81.8 Å². The second kappa shape index (κ2) is 6.51. The fourth-order valence-corrected chi connectivity index (χ4v) is 2.85. The molecule has 2 heterocycles. The molecule has 0 fully saturated rings. The van der Waals surface area contributed by atoms with Crippen molar-refractivity contribution < 1.29 is 4.79 Å². The molecule has 0 aliphatic carbocycles. The Kier molecular flexibility index (Phi) is 4.39. The van der Waals surface area contributed by atoms with E-state index < -0.39 is 0 Å². The highest BCUT2D eigenvalue weighted by Gasteiger charge is 2.13. The Bertz CT molecular complexity index is 980. The first-order chi connectivity index (χ1) is 11.8. The number of benzene rings is 1. The summed E-state index contributed by atoms with van der Waals surface area (Å²) in [5.41, 5.74) is 3.28. The Labute approximate surface area is 145 Å². The SMILES string of the molecule is Cc1cc(C)cc(-n2ncc3c(=O)n(CC(=O)NC(C)C)cnc32)c1. The highest BCUT2D eigenvalue weighted by molar-refractivity contribution is 5.78. The zero-order valence-electron chi connectivity index (χ0n) is 14.8. The van der Waals surface area contributed by atoms with Gasteiger partial charge in [-0.05, 0) is 51.0 Å². The molecule has 0 unspecified atom stereocenters. The minimum absolute atomic E-state index is 0.0206. The number of nitrogens with one attached hydrogen (secondary N) is 1. The van der Waals surface area contributed by atoms with Gasteiger partial charge in [0.2, 0.25) is 5.91 Å². The average molecular weight is 339 g/mol. The summed E-state index contributed by atoms with van der Waals surface area (Å²) in [5.74, 6) is -0.222. The lowest BCUT2D eigenvalue weighted by Crippen LogP contribution is -2.36. The van der Waals surface area contributed by atoms with Gasteiger partial charge in [-0.3, -0.25) is 14.2 Å². The molecule has 0 atom stereocenters. The second-order valence-corrected chi connectivity index (χ2v) is 6.54. The molecule has 1 N–H and O–H groups in total. The van der Waals surface area contributed by atoms with Gasteiger partial charge in [-0.15, -0.1) is 0 Å². The van der Waals surface area contributed by atoms with Gasteiger partial charge in [-0.2, -0.15) is 5.10 Å². The van der Waals surface area contributed by atoms with E-state index >= 15 is 0 Å². The van der Waals surface area contributed by atoms with Gasteiger partial charge in [-0.1, -0.05) is 6.07 Å². The molecule has 7 nitrogen and oxygen atoms in total. The number of nitrogens with zero attached hydrogens (tertiary/aromatic N) is 4. The van der Waals surface area contributed by atoms with Crippen LogP contribution in [0.4, 0.5) is 0 Å². The molecule has 25 heavy (non-hydrogen) atoms. The van der Waals surface area contributed by atoms with Crippen LogP contribution in [0.15, 0.2) is 35.5 Å². The Morgan fingerprint density at radius 1 is 1.20 bits per heavy atom. The summed E-state index contributed by atoms with van der Waals surface area (Å²) in [6, 6.07) is 6.07. The third-order valence-corrected chi connectivity index (χ3v) is 3.77. The normalized spacial score (nSPS) is 11.2. The van der Waals surface area contributed by atoms with Crippen LogP contribution in [0.25, 0.3) is 16.7 Å². The van der Waals surface area contributed by atoms with E-state index in [9.17, 15) is 9.59 Å². The largest absolute Gasteiger partial charge is 0.352 e. The number of carbonyl (C=O) groups is 1. The van der Waals surface area contributed by atoms with E-state index in [2.05, 4.69) is 21.5 Å². The molecule has 1 amide bonds. The van der Waals surface area contributed by atoms with E-state index in [-0.39, 0.29) is 24.1 Å². The van der Waals surface area contributed by atoms with Gasteiger partial charge in [0.15, 0.2) is 5.65 Å². The molecular weight excluding hydrogens is 318 g/mol. The van der Waals surface area contributed by atoms with E-state index in [0.29, 0.717) is 11.0 Å². The van der Waals surface area contributed by atoms with Crippen LogP contribution in [0, 0.1) is 13.8 Å². The van der Waals surface area contributed by atoms with E-state index in [1.54, 1.807) is 4.68 Å². The van der Waals surface area contributed by atoms with Crippen molar-refractivity contribution in [3.05, 3.63) is 52.2 Å². The monoisotopic (exact) mass is 339 g/mol. The summed E-state index contributed by atoms with van der Waals surface area (Å²) in [6.07, 6.45) is 2.89. The van der Waals surface area contributed by atoms with Crippen molar-refractivity contribution in [3.8, 4) is 5.69 Å². The van der Waals surface area contributed by atoms with Crippen LogP contribution in [0.2, 0.25) is 0 Å². The Balaban J connectivity index is 2.02. The van der Waals surface area contributed by atoms with Crippen LogP contribution in [0.5, 0.6) is 0 Å². The van der Waals surface area contributed by atoms with Crippen molar-refractivity contribution >= 4 is 16.9 Å². The smallest absolute Gasteiger partial charge is 0.264 e. The van der Waals surface area contributed by atoms with Crippen molar-refractivity contribution in [1.82, 2.24) is 24.6 Å². The fourth-order valence-electron chi connectivity index (χ4n) is 2.85. The molecule has 130 valence electrons. The Hall–Kier alpha value is -2.96. The van der Waals surface area contributed by atoms with Gasteiger partial charge in [-0.25, -0.2) is 9.67 Å². The highest BCUT2D eigenvalue weighted by atomic mass is 16.2. The van der Waals surface area contributed by atoms with Gasteiger partial charge in [0.25, 0.3) is 5.56 Å². The Morgan fingerprint density at radius 3 is 2.52 bits per heavy atom. The molecule has 0 radical (unpaired) electrons. The summed E-state index contributed by atoms with van der Waals surface area (Å²) in [7, 11) is 0. The number of carbonyl (C=O) groups excluding carboxylic acids is 1. The van der Waals surface area contributed by atoms with Crippen molar-refractivity contribution in [2.45, 2.75) is 40.3 Å². The van der Waals surface area contributed by atoms with Crippen LogP contribution in [-0.2, 0) is 11.3 Å². The molecule has 3 rings (SSSR count). The van der Waals surface area contributed by atoms with E-state index in [1.807, 2.05) is 39.8 Å². The maximum Gasteiger partial charge on any atom is 0.264 e. The first kappa shape index (κ1) is 16.9. The molecule has 0 aliphatic rings. The molecule has 7 heteroatoms. The van der Waals surface area contributed by atoms with Crippen LogP contribution in [0.1, 0.15) is 25.0 Å².